The van der Waals surface area contributed by atoms with Gasteiger partial charge < -0.3 is 5.32 Å². The highest BCUT2D eigenvalue weighted by atomic mass is 32.2. The van der Waals surface area contributed by atoms with Crippen molar-refractivity contribution in [1.82, 2.24) is 10.0 Å². The molecule has 1 atom stereocenters. The number of sulfonamides is 1. The fraction of sp³-hybridized carbons (Fsp3) is 0.316. The molecule has 0 aliphatic carbocycles. The zero-order chi connectivity index (χ0) is 18.4. The van der Waals surface area contributed by atoms with Crippen LogP contribution in [0.3, 0.4) is 0 Å². The maximum atomic E-state index is 12.4. The van der Waals surface area contributed by atoms with Gasteiger partial charge in [0.05, 0.1) is 10.9 Å². The van der Waals surface area contributed by atoms with Crippen molar-refractivity contribution in [2.45, 2.75) is 38.1 Å². The van der Waals surface area contributed by atoms with Crippen LogP contribution in [0.5, 0.6) is 0 Å². The summed E-state index contributed by atoms with van der Waals surface area (Å²) < 4.78 is 26.3. The van der Waals surface area contributed by atoms with Crippen molar-refractivity contribution >= 4 is 15.9 Å². The third kappa shape index (κ3) is 4.90. The first-order chi connectivity index (χ1) is 11.9. The third-order valence-corrected chi connectivity index (χ3v) is 5.56. The quantitative estimate of drug-likeness (QED) is 0.797. The summed E-state index contributed by atoms with van der Waals surface area (Å²) in [7, 11) is -3.51. The van der Waals surface area contributed by atoms with E-state index in [1.54, 1.807) is 6.92 Å². The first kappa shape index (κ1) is 19.1. The van der Waals surface area contributed by atoms with Gasteiger partial charge in [0, 0.05) is 12.1 Å². The lowest BCUT2D eigenvalue weighted by molar-refractivity contribution is 0.0940. The zero-order valence-corrected chi connectivity index (χ0v) is 15.6. The fourth-order valence-electron chi connectivity index (χ4n) is 2.46. The van der Waals surface area contributed by atoms with Gasteiger partial charge >= 0.3 is 0 Å². The summed E-state index contributed by atoms with van der Waals surface area (Å²) in [6, 6.07) is 13.9. The molecule has 0 spiro atoms. The Hall–Kier alpha value is -2.18. The number of hydrogen-bond acceptors (Lipinski definition) is 3. The summed E-state index contributed by atoms with van der Waals surface area (Å²) in [4.78, 5) is 12.5. The minimum Gasteiger partial charge on any atom is -0.346 e. The van der Waals surface area contributed by atoms with E-state index in [1.165, 1.54) is 29.8 Å². The second-order valence-electron chi connectivity index (χ2n) is 5.82. The van der Waals surface area contributed by atoms with Crippen molar-refractivity contribution in [2.75, 3.05) is 6.54 Å². The minimum atomic E-state index is -3.51. The fourth-order valence-corrected chi connectivity index (χ4v) is 3.51. The molecule has 25 heavy (non-hydrogen) atoms. The van der Waals surface area contributed by atoms with Gasteiger partial charge in [-0.3, -0.25) is 4.79 Å². The maximum absolute atomic E-state index is 12.4. The lowest BCUT2D eigenvalue weighted by Crippen LogP contribution is -2.27. The van der Waals surface area contributed by atoms with Crippen LogP contribution in [0.4, 0.5) is 0 Å². The van der Waals surface area contributed by atoms with Crippen LogP contribution in [0.1, 0.15) is 48.3 Å². The van der Waals surface area contributed by atoms with Gasteiger partial charge in [-0.15, -0.1) is 0 Å². The molecule has 0 bridgehead atoms. The van der Waals surface area contributed by atoms with Crippen LogP contribution in [-0.2, 0) is 16.4 Å². The van der Waals surface area contributed by atoms with Crippen molar-refractivity contribution in [3.8, 4) is 0 Å². The van der Waals surface area contributed by atoms with Crippen molar-refractivity contribution in [1.29, 1.82) is 0 Å². The predicted molar refractivity (Wildman–Crippen MR) is 99.0 cm³/mol. The summed E-state index contributed by atoms with van der Waals surface area (Å²) >= 11 is 0. The highest BCUT2D eigenvalue weighted by Gasteiger charge is 2.15. The third-order valence-electron chi connectivity index (χ3n) is 4.00. The second kappa shape index (κ2) is 8.27. The molecule has 2 rings (SSSR count). The Balaban J connectivity index is 2.07. The number of amides is 1. The Morgan fingerprint density at radius 1 is 1.00 bits per heavy atom. The van der Waals surface area contributed by atoms with E-state index in [1.807, 2.05) is 19.1 Å². The Bertz CT molecular complexity index is 813. The SMILES string of the molecule is CCNS(=O)(=O)c1ccc(C(=O)NC(C)c2ccc(CC)cc2)cc1. The molecule has 0 radical (unpaired) electrons. The Kier molecular flexibility index (Phi) is 6.33. The second-order valence-corrected chi connectivity index (χ2v) is 7.58. The van der Waals surface area contributed by atoms with Crippen LogP contribution in [0, 0.1) is 0 Å². The Labute approximate surface area is 149 Å². The van der Waals surface area contributed by atoms with Crippen LogP contribution in [0.2, 0.25) is 0 Å². The molecule has 1 unspecified atom stereocenters. The van der Waals surface area contributed by atoms with E-state index in [0.717, 1.165) is 12.0 Å². The zero-order valence-electron chi connectivity index (χ0n) is 14.7. The minimum absolute atomic E-state index is 0.136. The van der Waals surface area contributed by atoms with E-state index in [0.29, 0.717) is 12.1 Å². The topological polar surface area (TPSA) is 75.3 Å². The highest BCUT2D eigenvalue weighted by molar-refractivity contribution is 7.89. The molecule has 134 valence electrons. The molecule has 0 fully saturated rings. The number of hydrogen-bond donors (Lipinski definition) is 2. The van der Waals surface area contributed by atoms with Crippen LogP contribution in [0.25, 0.3) is 0 Å². The molecule has 0 aromatic heterocycles. The molecular formula is C19H24N2O3S. The average molecular weight is 360 g/mol. The standard InChI is InChI=1S/C19H24N2O3S/c1-4-15-6-8-16(9-7-15)14(3)21-19(22)17-10-12-18(13-11-17)25(23,24)20-5-2/h6-14,20H,4-5H2,1-3H3,(H,21,22). The van der Waals surface area contributed by atoms with Crippen molar-refractivity contribution in [3.05, 3.63) is 65.2 Å². The molecule has 2 aromatic carbocycles. The van der Waals surface area contributed by atoms with Gasteiger partial charge in [0.15, 0.2) is 0 Å². The van der Waals surface area contributed by atoms with Crippen molar-refractivity contribution < 1.29 is 13.2 Å². The number of rotatable bonds is 7. The number of aryl methyl sites for hydroxylation is 1. The van der Waals surface area contributed by atoms with Gasteiger partial charge in [-0.25, -0.2) is 13.1 Å². The van der Waals surface area contributed by atoms with Crippen molar-refractivity contribution in [2.24, 2.45) is 0 Å². The molecule has 5 nitrogen and oxygen atoms in total. The van der Waals surface area contributed by atoms with Gasteiger partial charge in [-0.05, 0) is 48.7 Å². The van der Waals surface area contributed by atoms with Crippen molar-refractivity contribution in [3.63, 3.8) is 0 Å². The monoisotopic (exact) mass is 360 g/mol. The molecule has 0 saturated heterocycles. The summed E-state index contributed by atoms with van der Waals surface area (Å²) in [5.41, 5.74) is 2.70. The van der Waals surface area contributed by atoms with Crippen LogP contribution in [0.15, 0.2) is 53.4 Å². The number of benzene rings is 2. The molecule has 2 aromatic rings. The number of carbonyl (C=O) groups is 1. The van der Waals surface area contributed by atoms with Gasteiger partial charge in [0.2, 0.25) is 10.0 Å². The largest absolute Gasteiger partial charge is 0.346 e. The Morgan fingerprint density at radius 2 is 1.60 bits per heavy atom. The van der Waals surface area contributed by atoms with Crippen LogP contribution < -0.4 is 10.0 Å². The average Bonchev–Trinajstić information content (AvgIpc) is 2.61. The van der Waals surface area contributed by atoms with Gasteiger partial charge in [0.1, 0.15) is 0 Å². The summed E-state index contributed by atoms with van der Waals surface area (Å²) in [6.07, 6.45) is 0.975. The first-order valence-corrected chi connectivity index (χ1v) is 9.85. The normalized spacial score (nSPS) is 12.6. The van der Waals surface area contributed by atoms with E-state index in [2.05, 4.69) is 29.1 Å². The first-order valence-electron chi connectivity index (χ1n) is 8.36. The molecule has 2 N–H and O–H groups in total. The molecule has 0 heterocycles. The lowest BCUT2D eigenvalue weighted by Gasteiger charge is -2.15. The van der Waals surface area contributed by atoms with E-state index < -0.39 is 10.0 Å². The van der Waals surface area contributed by atoms with E-state index in [-0.39, 0.29) is 16.8 Å². The van der Waals surface area contributed by atoms with Crippen LogP contribution in [-0.4, -0.2) is 20.9 Å². The van der Waals surface area contributed by atoms with Gasteiger partial charge in [0.25, 0.3) is 5.91 Å². The van der Waals surface area contributed by atoms with Gasteiger partial charge in [-0.2, -0.15) is 0 Å². The number of nitrogens with one attached hydrogen (secondary N) is 2. The van der Waals surface area contributed by atoms with Gasteiger partial charge in [-0.1, -0.05) is 38.1 Å². The molecule has 1 amide bonds. The van der Waals surface area contributed by atoms with E-state index >= 15 is 0 Å². The lowest BCUT2D eigenvalue weighted by atomic mass is 10.0. The summed E-state index contributed by atoms with van der Waals surface area (Å²) in [5.74, 6) is -0.237. The van der Waals surface area contributed by atoms with E-state index in [4.69, 9.17) is 0 Å². The predicted octanol–water partition coefficient (Wildman–Crippen LogP) is 3.04. The molecule has 6 heteroatoms. The Morgan fingerprint density at radius 3 is 2.12 bits per heavy atom. The summed E-state index contributed by atoms with van der Waals surface area (Å²) in [6.45, 7) is 6.05. The highest BCUT2D eigenvalue weighted by Crippen LogP contribution is 2.16. The molecule has 0 aliphatic rings. The maximum Gasteiger partial charge on any atom is 0.251 e. The molecule has 0 aliphatic heterocycles. The number of carbonyl (C=O) groups excluding carboxylic acids is 1. The summed E-state index contributed by atoms with van der Waals surface area (Å²) in [5, 5.41) is 2.93. The van der Waals surface area contributed by atoms with Crippen LogP contribution >= 0.6 is 0 Å². The smallest absolute Gasteiger partial charge is 0.251 e. The molecule has 0 saturated carbocycles. The molecular weight excluding hydrogens is 336 g/mol. The van der Waals surface area contributed by atoms with E-state index in [9.17, 15) is 13.2 Å².